The highest BCUT2D eigenvalue weighted by molar-refractivity contribution is 5.71. The minimum absolute atomic E-state index is 0.00323. The fourth-order valence-electron chi connectivity index (χ4n) is 1.93. The normalized spacial score (nSPS) is 10.2. The van der Waals surface area contributed by atoms with Gasteiger partial charge < -0.3 is 14.6 Å². The third-order valence-corrected chi connectivity index (χ3v) is 2.85. The number of halogens is 2. The number of carboxylic acid groups (broad SMARTS) is 1. The van der Waals surface area contributed by atoms with Crippen LogP contribution in [0, 0.1) is 11.3 Å². The quantitative estimate of drug-likeness (QED) is 0.880. The van der Waals surface area contributed by atoms with Gasteiger partial charge in [-0.1, -0.05) is 24.3 Å². The molecular weight excluding hydrogens is 308 g/mol. The summed E-state index contributed by atoms with van der Waals surface area (Å²) in [5, 5.41) is 18.0. The van der Waals surface area contributed by atoms with E-state index in [1.54, 1.807) is 24.3 Å². The molecule has 2 aromatic rings. The predicted octanol–water partition coefficient (Wildman–Crippen LogP) is 3.58. The average molecular weight is 319 g/mol. The van der Waals surface area contributed by atoms with Crippen LogP contribution in [-0.2, 0) is 11.2 Å². The van der Waals surface area contributed by atoms with Crippen molar-refractivity contribution < 1.29 is 28.2 Å². The summed E-state index contributed by atoms with van der Waals surface area (Å²) in [5.74, 6) is -1.13. The first-order chi connectivity index (χ1) is 11.0. The van der Waals surface area contributed by atoms with Crippen LogP contribution in [0.1, 0.15) is 11.1 Å². The Morgan fingerprint density at radius 1 is 1.13 bits per heavy atom. The molecule has 0 heterocycles. The Hall–Kier alpha value is -3.14. The van der Waals surface area contributed by atoms with Gasteiger partial charge in [-0.05, 0) is 18.2 Å². The number of ether oxygens (including phenoxy) is 2. The molecule has 0 radical (unpaired) electrons. The summed E-state index contributed by atoms with van der Waals surface area (Å²) < 4.78 is 34.6. The Labute approximate surface area is 130 Å². The molecule has 0 fully saturated rings. The van der Waals surface area contributed by atoms with Gasteiger partial charge in [0, 0.05) is 5.56 Å². The van der Waals surface area contributed by atoms with E-state index in [2.05, 4.69) is 4.74 Å². The number of para-hydroxylation sites is 1. The number of alkyl halides is 2. The fraction of sp³-hybridized carbons (Fsp3) is 0.125. The molecule has 0 aliphatic carbocycles. The largest absolute Gasteiger partial charge is 0.481 e. The predicted molar refractivity (Wildman–Crippen MR) is 75.6 cm³/mol. The second kappa shape index (κ2) is 7.22. The molecule has 0 amide bonds. The minimum atomic E-state index is -3.07. The van der Waals surface area contributed by atoms with Crippen LogP contribution in [0.15, 0.2) is 42.5 Å². The first-order valence-electron chi connectivity index (χ1n) is 6.46. The molecule has 0 saturated heterocycles. The van der Waals surface area contributed by atoms with Crippen molar-refractivity contribution in [1.82, 2.24) is 0 Å². The molecule has 0 bridgehead atoms. The van der Waals surface area contributed by atoms with Crippen molar-refractivity contribution in [3.8, 4) is 23.3 Å². The van der Waals surface area contributed by atoms with Gasteiger partial charge in [-0.3, -0.25) is 4.79 Å². The van der Waals surface area contributed by atoms with Gasteiger partial charge in [-0.2, -0.15) is 14.0 Å². The summed E-state index contributed by atoms with van der Waals surface area (Å²) >= 11 is 0. The van der Waals surface area contributed by atoms with Gasteiger partial charge in [0.1, 0.15) is 28.9 Å². The lowest BCUT2D eigenvalue weighted by Gasteiger charge is -2.13. The minimum Gasteiger partial charge on any atom is -0.481 e. The second-order valence-electron chi connectivity index (χ2n) is 4.40. The molecule has 2 aromatic carbocycles. The van der Waals surface area contributed by atoms with Crippen molar-refractivity contribution in [2.45, 2.75) is 13.0 Å². The van der Waals surface area contributed by atoms with Gasteiger partial charge in [-0.25, -0.2) is 0 Å². The van der Waals surface area contributed by atoms with Gasteiger partial charge >= 0.3 is 12.6 Å². The number of nitriles is 1. The van der Waals surface area contributed by atoms with E-state index in [1.807, 2.05) is 0 Å². The lowest BCUT2D eigenvalue weighted by molar-refractivity contribution is -0.136. The number of nitrogens with zero attached hydrogens (tertiary/aromatic N) is 1. The zero-order chi connectivity index (χ0) is 16.8. The van der Waals surface area contributed by atoms with Crippen LogP contribution in [0.5, 0.6) is 17.2 Å². The first-order valence-corrected chi connectivity index (χ1v) is 6.46. The smallest absolute Gasteiger partial charge is 0.387 e. The fourth-order valence-corrected chi connectivity index (χ4v) is 1.93. The number of benzene rings is 2. The monoisotopic (exact) mass is 319 g/mol. The topological polar surface area (TPSA) is 79.5 Å². The summed E-state index contributed by atoms with van der Waals surface area (Å²) in [6, 6.07) is 12.2. The maximum absolute atomic E-state index is 12.4. The molecule has 0 aromatic heterocycles. The van der Waals surface area contributed by atoms with Crippen LogP contribution in [0.4, 0.5) is 8.78 Å². The van der Waals surface area contributed by atoms with E-state index in [0.29, 0.717) is 5.56 Å². The molecule has 2 rings (SSSR count). The van der Waals surface area contributed by atoms with Crippen LogP contribution in [0.3, 0.4) is 0 Å². The third-order valence-electron chi connectivity index (χ3n) is 2.85. The van der Waals surface area contributed by atoms with Gasteiger partial charge in [0.2, 0.25) is 0 Å². The molecule has 0 atom stereocenters. The third kappa shape index (κ3) is 4.17. The lowest BCUT2D eigenvalue weighted by Crippen LogP contribution is -2.05. The summed E-state index contributed by atoms with van der Waals surface area (Å²) in [4.78, 5) is 10.9. The Kier molecular flexibility index (Phi) is 5.10. The molecule has 1 N–H and O–H groups in total. The molecule has 0 unspecified atom stereocenters. The SMILES string of the molecule is N#Cc1c(Oc2ccccc2CC(=O)O)cccc1OC(F)F. The summed E-state index contributed by atoms with van der Waals surface area (Å²) in [6.45, 7) is -3.07. The van der Waals surface area contributed by atoms with Crippen molar-refractivity contribution in [2.75, 3.05) is 0 Å². The van der Waals surface area contributed by atoms with Crippen LogP contribution in [0.25, 0.3) is 0 Å². The van der Waals surface area contributed by atoms with E-state index in [9.17, 15) is 13.6 Å². The Bertz CT molecular complexity index is 756. The van der Waals surface area contributed by atoms with E-state index in [-0.39, 0.29) is 29.2 Å². The maximum atomic E-state index is 12.4. The molecule has 0 aliphatic heterocycles. The van der Waals surface area contributed by atoms with E-state index < -0.39 is 12.6 Å². The van der Waals surface area contributed by atoms with Gasteiger partial charge in [0.25, 0.3) is 0 Å². The van der Waals surface area contributed by atoms with E-state index in [0.717, 1.165) is 0 Å². The van der Waals surface area contributed by atoms with Gasteiger partial charge in [-0.15, -0.1) is 0 Å². The number of hydrogen-bond acceptors (Lipinski definition) is 4. The van der Waals surface area contributed by atoms with E-state index in [1.165, 1.54) is 24.3 Å². The Morgan fingerprint density at radius 3 is 2.43 bits per heavy atom. The maximum Gasteiger partial charge on any atom is 0.387 e. The van der Waals surface area contributed by atoms with Crippen molar-refractivity contribution in [1.29, 1.82) is 5.26 Å². The standard InChI is InChI=1S/C16H11F2NO4/c17-16(18)23-14-7-3-6-13(11(14)9-19)22-12-5-2-1-4-10(12)8-15(20)21/h1-7,16H,8H2,(H,20,21). The number of carbonyl (C=O) groups is 1. The van der Waals surface area contributed by atoms with Crippen molar-refractivity contribution in [3.05, 3.63) is 53.6 Å². The number of carboxylic acids is 1. The van der Waals surface area contributed by atoms with Crippen molar-refractivity contribution >= 4 is 5.97 Å². The molecule has 0 aliphatic rings. The highest BCUT2D eigenvalue weighted by Gasteiger charge is 2.16. The molecule has 0 spiro atoms. The van der Waals surface area contributed by atoms with Crippen molar-refractivity contribution in [2.24, 2.45) is 0 Å². The summed E-state index contributed by atoms with van der Waals surface area (Å²) in [6.07, 6.45) is -0.273. The highest BCUT2D eigenvalue weighted by Crippen LogP contribution is 2.33. The summed E-state index contributed by atoms with van der Waals surface area (Å²) in [7, 11) is 0. The Morgan fingerprint density at radius 2 is 1.78 bits per heavy atom. The van der Waals surface area contributed by atoms with Crippen LogP contribution >= 0.6 is 0 Å². The molecule has 23 heavy (non-hydrogen) atoms. The van der Waals surface area contributed by atoms with Gasteiger partial charge in [0.15, 0.2) is 0 Å². The number of rotatable bonds is 6. The summed E-state index contributed by atoms with van der Waals surface area (Å²) in [5.41, 5.74) is 0.196. The molecule has 7 heteroatoms. The first kappa shape index (κ1) is 16.2. The average Bonchev–Trinajstić information content (AvgIpc) is 2.48. The highest BCUT2D eigenvalue weighted by atomic mass is 19.3. The number of hydrogen-bond donors (Lipinski definition) is 1. The number of aliphatic carboxylic acids is 1. The van der Waals surface area contributed by atoms with Crippen LogP contribution in [0.2, 0.25) is 0 Å². The molecule has 118 valence electrons. The lowest BCUT2D eigenvalue weighted by atomic mass is 10.1. The van der Waals surface area contributed by atoms with E-state index >= 15 is 0 Å². The molecule has 0 saturated carbocycles. The zero-order valence-electron chi connectivity index (χ0n) is 11.7. The zero-order valence-corrected chi connectivity index (χ0v) is 11.7. The van der Waals surface area contributed by atoms with Crippen LogP contribution in [-0.4, -0.2) is 17.7 Å². The molecular formula is C16H11F2NO4. The Balaban J connectivity index is 2.38. The van der Waals surface area contributed by atoms with E-state index in [4.69, 9.17) is 15.1 Å². The molecule has 5 nitrogen and oxygen atoms in total. The second-order valence-corrected chi connectivity index (χ2v) is 4.40. The van der Waals surface area contributed by atoms with Crippen molar-refractivity contribution in [3.63, 3.8) is 0 Å². The van der Waals surface area contributed by atoms with Gasteiger partial charge in [0.05, 0.1) is 6.42 Å². The van der Waals surface area contributed by atoms with Crippen LogP contribution < -0.4 is 9.47 Å².